The van der Waals surface area contributed by atoms with Crippen LogP contribution in [0.5, 0.6) is 11.5 Å². The third-order valence-corrected chi connectivity index (χ3v) is 2.64. The molecule has 0 radical (unpaired) electrons. The minimum Gasteiger partial charge on any atom is -0.497 e. The first-order chi connectivity index (χ1) is 9.39. The molecular formula is C14H12F3NO2. The minimum absolute atomic E-state index is 0.315. The van der Waals surface area contributed by atoms with Crippen LogP contribution in [0.2, 0.25) is 0 Å². The molecule has 0 saturated carbocycles. The van der Waals surface area contributed by atoms with Crippen molar-refractivity contribution in [3.05, 3.63) is 42.5 Å². The predicted molar refractivity (Wildman–Crippen MR) is 69.5 cm³/mol. The molecule has 20 heavy (non-hydrogen) atoms. The van der Waals surface area contributed by atoms with Crippen LogP contribution in [0.4, 0.5) is 18.9 Å². The molecule has 0 aliphatic heterocycles. The van der Waals surface area contributed by atoms with Crippen LogP contribution in [0.1, 0.15) is 0 Å². The van der Waals surface area contributed by atoms with Crippen LogP contribution in [0.3, 0.4) is 0 Å². The van der Waals surface area contributed by atoms with Crippen LogP contribution in [-0.4, -0.2) is 13.5 Å². The fourth-order valence-electron chi connectivity index (χ4n) is 1.77. The molecule has 0 aromatic heterocycles. The number of ether oxygens (including phenoxy) is 2. The zero-order valence-electron chi connectivity index (χ0n) is 10.6. The third-order valence-electron chi connectivity index (χ3n) is 2.64. The van der Waals surface area contributed by atoms with Gasteiger partial charge in [0.05, 0.1) is 7.11 Å². The molecular weight excluding hydrogens is 271 g/mol. The van der Waals surface area contributed by atoms with E-state index in [2.05, 4.69) is 4.74 Å². The molecule has 0 fully saturated rings. The molecule has 0 spiro atoms. The maximum absolute atomic E-state index is 12.2. The van der Waals surface area contributed by atoms with Gasteiger partial charge in [-0.05, 0) is 35.9 Å². The Balaban J connectivity index is 2.42. The van der Waals surface area contributed by atoms with Crippen molar-refractivity contribution in [3.8, 4) is 22.6 Å². The molecule has 0 heterocycles. The number of alkyl halides is 3. The van der Waals surface area contributed by atoms with E-state index in [0.717, 1.165) is 0 Å². The number of methoxy groups -OCH3 is 1. The van der Waals surface area contributed by atoms with Crippen molar-refractivity contribution in [2.75, 3.05) is 12.8 Å². The molecule has 106 valence electrons. The molecule has 0 saturated heterocycles. The van der Waals surface area contributed by atoms with Gasteiger partial charge >= 0.3 is 6.36 Å². The van der Waals surface area contributed by atoms with Gasteiger partial charge in [-0.3, -0.25) is 0 Å². The highest BCUT2D eigenvalue weighted by Crippen LogP contribution is 2.33. The Bertz CT molecular complexity index is 612. The SMILES string of the molecule is COc1cccc(-c2cc(OC(F)(F)F)ccc2N)c1. The largest absolute Gasteiger partial charge is 0.573 e. The Hall–Kier alpha value is -2.37. The van der Waals surface area contributed by atoms with E-state index in [-0.39, 0.29) is 5.75 Å². The summed E-state index contributed by atoms with van der Waals surface area (Å²) in [4.78, 5) is 0. The van der Waals surface area contributed by atoms with E-state index in [1.807, 2.05) is 0 Å². The van der Waals surface area contributed by atoms with Gasteiger partial charge in [0.2, 0.25) is 0 Å². The van der Waals surface area contributed by atoms with Crippen LogP contribution in [0.15, 0.2) is 42.5 Å². The highest BCUT2D eigenvalue weighted by atomic mass is 19.4. The Morgan fingerprint density at radius 2 is 1.75 bits per heavy atom. The number of hydrogen-bond acceptors (Lipinski definition) is 3. The van der Waals surface area contributed by atoms with Crippen LogP contribution >= 0.6 is 0 Å². The summed E-state index contributed by atoms with van der Waals surface area (Å²) in [5.74, 6) is 0.272. The third kappa shape index (κ3) is 3.34. The summed E-state index contributed by atoms with van der Waals surface area (Å²) in [6.45, 7) is 0. The maximum atomic E-state index is 12.2. The molecule has 2 N–H and O–H groups in total. The molecule has 0 bridgehead atoms. The first kappa shape index (κ1) is 14.0. The van der Waals surface area contributed by atoms with E-state index in [4.69, 9.17) is 10.5 Å². The van der Waals surface area contributed by atoms with Gasteiger partial charge in [0.25, 0.3) is 0 Å². The quantitative estimate of drug-likeness (QED) is 0.870. The van der Waals surface area contributed by atoms with E-state index in [1.54, 1.807) is 24.3 Å². The molecule has 0 unspecified atom stereocenters. The Kier molecular flexibility index (Phi) is 3.74. The molecule has 3 nitrogen and oxygen atoms in total. The predicted octanol–water partition coefficient (Wildman–Crippen LogP) is 3.84. The Labute approximate surface area is 113 Å². The summed E-state index contributed by atoms with van der Waals surface area (Å²) >= 11 is 0. The van der Waals surface area contributed by atoms with Crippen molar-refractivity contribution in [2.24, 2.45) is 0 Å². The average molecular weight is 283 g/mol. The summed E-state index contributed by atoms with van der Waals surface area (Å²) in [6.07, 6.45) is -4.73. The second-order valence-corrected chi connectivity index (χ2v) is 4.03. The fourth-order valence-corrected chi connectivity index (χ4v) is 1.77. The second-order valence-electron chi connectivity index (χ2n) is 4.03. The Morgan fingerprint density at radius 3 is 2.40 bits per heavy atom. The van der Waals surface area contributed by atoms with Crippen molar-refractivity contribution in [1.82, 2.24) is 0 Å². The van der Waals surface area contributed by atoms with E-state index in [1.165, 1.54) is 25.3 Å². The smallest absolute Gasteiger partial charge is 0.497 e. The number of nitrogens with two attached hydrogens (primary N) is 1. The molecule has 0 amide bonds. The summed E-state index contributed by atoms with van der Waals surface area (Å²) in [6, 6.07) is 10.7. The number of halogens is 3. The van der Waals surface area contributed by atoms with Crippen molar-refractivity contribution >= 4 is 5.69 Å². The number of anilines is 1. The van der Waals surface area contributed by atoms with Crippen LogP contribution in [0, 0.1) is 0 Å². The number of rotatable bonds is 3. The van der Waals surface area contributed by atoms with E-state index < -0.39 is 6.36 Å². The zero-order chi connectivity index (χ0) is 14.8. The molecule has 0 aliphatic rings. The van der Waals surface area contributed by atoms with Crippen molar-refractivity contribution in [2.45, 2.75) is 6.36 Å². The number of benzene rings is 2. The van der Waals surface area contributed by atoms with Gasteiger partial charge in [-0.25, -0.2) is 0 Å². The topological polar surface area (TPSA) is 44.5 Å². The van der Waals surface area contributed by atoms with Crippen molar-refractivity contribution in [1.29, 1.82) is 0 Å². The van der Waals surface area contributed by atoms with E-state index >= 15 is 0 Å². The number of nitrogen functional groups attached to an aromatic ring is 1. The number of hydrogen-bond donors (Lipinski definition) is 1. The lowest BCUT2D eigenvalue weighted by Crippen LogP contribution is -2.17. The van der Waals surface area contributed by atoms with Gasteiger partial charge in [0.15, 0.2) is 0 Å². The molecule has 2 aromatic carbocycles. The van der Waals surface area contributed by atoms with Crippen LogP contribution in [-0.2, 0) is 0 Å². The maximum Gasteiger partial charge on any atom is 0.573 e. The average Bonchev–Trinajstić information content (AvgIpc) is 2.39. The molecule has 0 aliphatic carbocycles. The molecule has 2 aromatic rings. The molecule has 0 atom stereocenters. The Morgan fingerprint density at radius 1 is 1.00 bits per heavy atom. The highest BCUT2D eigenvalue weighted by Gasteiger charge is 2.31. The van der Waals surface area contributed by atoms with Crippen LogP contribution in [0.25, 0.3) is 11.1 Å². The van der Waals surface area contributed by atoms with Crippen LogP contribution < -0.4 is 15.2 Å². The van der Waals surface area contributed by atoms with Gasteiger partial charge in [-0.1, -0.05) is 12.1 Å². The summed E-state index contributed by atoms with van der Waals surface area (Å²) in [5.41, 5.74) is 7.25. The van der Waals surface area contributed by atoms with Crippen molar-refractivity contribution in [3.63, 3.8) is 0 Å². The lowest BCUT2D eigenvalue weighted by Gasteiger charge is -2.12. The zero-order valence-corrected chi connectivity index (χ0v) is 10.6. The summed E-state index contributed by atoms with van der Waals surface area (Å²) in [7, 11) is 1.51. The lowest BCUT2D eigenvalue weighted by molar-refractivity contribution is -0.274. The fraction of sp³-hybridized carbons (Fsp3) is 0.143. The standard InChI is InChI=1S/C14H12F3NO2/c1-19-10-4-2-3-9(7-10)12-8-11(5-6-13(12)18)20-14(15,16)17/h2-8H,18H2,1H3. The van der Waals surface area contributed by atoms with Gasteiger partial charge in [0, 0.05) is 11.3 Å². The second kappa shape index (κ2) is 5.32. The van der Waals surface area contributed by atoms with Gasteiger partial charge in [-0.15, -0.1) is 13.2 Å². The van der Waals surface area contributed by atoms with E-state index in [9.17, 15) is 13.2 Å². The highest BCUT2D eigenvalue weighted by molar-refractivity contribution is 5.78. The first-order valence-electron chi connectivity index (χ1n) is 5.69. The summed E-state index contributed by atoms with van der Waals surface area (Å²) in [5, 5.41) is 0. The van der Waals surface area contributed by atoms with Gasteiger partial charge in [0.1, 0.15) is 11.5 Å². The molecule has 2 rings (SSSR count). The lowest BCUT2D eigenvalue weighted by atomic mass is 10.0. The van der Waals surface area contributed by atoms with Gasteiger partial charge < -0.3 is 15.2 Å². The van der Waals surface area contributed by atoms with Gasteiger partial charge in [-0.2, -0.15) is 0 Å². The van der Waals surface area contributed by atoms with E-state index in [0.29, 0.717) is 22.6 Å². The molecule has 6 heteroatoms. The minimum atomic E-state index is -4.73. The normalized spacial score (nSPS) is 11.2. The van der Waals surface area contributed by atoms with Crippen molar-refractivity contribution < 1.29 is 22.6 Å². The summed E-state index contributed by atoms with van der Waals surface area (Å²) < 4.78 is 45.6. The monoisotopic (exact) mass is 283 g/mol. The first-order valence-corrected chi connectivity index (χ1v) is 5.69.